The number of hydrogen-bond acceptors (Lipinski definition) is 2. The van der Waals surface area contributed by atoms with Gasteiger partial charge in [0, 0.05) is 23.5 Å². The molecule has 0 aliphatic heterocycles. The van der Waals surface area contributed by atoms with Crippen molar-refractivity contribution >= 4 is 11.9 Å². The first-order chi connectivity index (χ1) is 7.63. The van der Waals surface area contributed by atoms with Crippen LogP contribution in [0.2, 0.25) is 0 Å². The van der Waals surface area contributed by atoms with Crippen molar-refractivity contribution in [2.45, 2.75) is 20.3 Å². The monoisotopic (exact) mass is 216 g/mol. The molecule has 0 saturated heterocycles. The van der Waals surface area contributed by atoms with Gasteiger partial charge in [-0.2, -0.15) is 0 Å². The third-order valence-corrected chi connectivity index (χ3v) is 2.93. The first-order valence-corrected chi connectivity index (χ1v) is 5.54. The summed E-state index contributed by atoms with van der Waals surface area (Å²) in [5.41, 5.74) is 3.15. The highest BCUT2D eigenvalue weighted by atomic mass is 16.5. The van der Waals surface area contributed by atoms with E-state index in [2.05, 4.69) is 0 Å². The zero-order chi connectivity index (χ0) is 11.7. The van der Waals surface area contributed by atoms with Crippen molar-refractivity contribution in [1.82, 2.24) is 0 Å². The zero-order valence-electron chi connectivity index (χ0n) is 9.91. The van der Waals surface area contributed by atoms with E-state index in [1.807, 2.05) is 38.1 Å². The molecule has 0 unspecified atom stereocenters. The number of Topliss-reactive ketones (excluding diaryl/α,β-unsaturated/α-hetero) is 1. The third kappa shape index (κ3) is 1.75. The van der Waals surface area contributed by atoms with Crippen LogP contribution in [0.3, 0.4) is 0 Å². The van der Waals surface area contributed by atoms with Gasteiger partial charge in [0.25, 0.3) is 0 Å². The van der Waals surface area contributed by atoms with Crippen LogP contribution in [-0.4, -0.2) is 12.9 Å². The summed E-state index contributed by atoms with van der Waals surface area (Å²) >= 11 is 0. The minimum atomic E-state index is 0.0616. The van der Waals surface area contributed by atoms with E-state index in [1.165, 1.54) is 0 Å². The number of hydrogen-bond donors (Lipinski definition) is 0. The minimum Gasteiger partial charge on any atom is -0.496 e. The number of ether oxygens (including phenoxy) is 1. The second kappa shape index (κ2) is 4.12. The summed E-state index contributed by atoms with van der Waals surface area (Å²) in [6.07, 6.45) is 2.69. The molecule has 1 aliphatic rings. The van der Waals surface area contributed by atoms with Gasteiger partial charge in [0.15, 0.2) is 5.78 Å². The van der Waals surface area contributed by atoms with Crippen molar-refractivity contribution in [2.75, 3.05) is 7.11 Å². The molecule has 1 aromatic carbocycles. The van der Waals surface area contributed by atoms with E-state index in [-0.39, 0.29) is 11.7 Å². The van der Waals surface area contributed by atoms with Crippen LogP contribution < -0.4 is 4.74 Å². The molecule has 1 aliphatic carbocycles. The smallest absolute Gasteiger partial charge is 0.161 e. The Morgan fingerprint density at radius 1 is 1.38 bits per heavy atom. The Bertz CT molecular complexity index is 456. The molecule has 0 heterocycles. The summed E-state index contributed by atoms with van der Waals surface area (Å²) < 4.78 is 5.30. The first-order valence-electron chi connectivity index (χ1n) is 5.54. The predicted molar refractivity (Wildman–Crippen MR) is 64.5 cm³/mol. The van der Waals surface area contributed by atoms with E-state index < -0.39 is 0 Å². The van der Waals surface area contributed by atoms with Crippen molar-refractivity contribution in [3.05, 3.63) is 34.9 Å². The fourth-order valence-electron chi connectivity index (χ4n) is 2.06. The number of rotatable bonds is 3. The molecule has 2 nitrogen and oxygen atoms in total. The fourth-order valence-corrected chi connectivity index (χ4v) is 2.06. The van der Waals surface area contributed by atoms with Gasteiger partial charge in [0.05, 0.1) is 7.11 Å². The molecule has 0 atom stereocenters. The van der Waals surface area contributed by atoms with Gasteiger partial charge in [-0.3, -0.25) is 4.79 Å². The molecule has 84 valence electrons. The number of carbonyl (C=O) groups excluding carboxylic acids is 1. The van der Waals surface area contributed by atoms with E-state index >= 15 is 0 Å². The lowest BCUT2D eigenvalue weighted by Gasteiger charge is -2.07. The lowest BCUT2D eigenvalue weighted by Crippen LogP contribution is -2.10. The number of carbonyl (C=O) groups is 1. The highest BCUT2D eigenvalue weighted by molar-refractivity contribution is 6.03. The van der Waals surface area contributed by atoms with Crippen molar-refractivity contribution in [3.63, 3.8) is 0 Å². The summed E-state index contributed by atoms with van der Waals surface area (Å²) in [6.45, 7) is 3.87. The molecule has 0 bridgehead atoms. The average molecular weight is 216 g/mol. The lowest BCUT2D eigenvalue weighted by atomic mass is 9.99. The van der Waals surface area contributed by atoms with Crippen LogP contribution in [0.25, 0.3) is 6.08 Å². The molecule has 0 radical (unpaired) electrons. The number of benzene rings is 1. The van der Waals surface area contributed by atoms with Crippen LogP contribution in [0, 0.1) is 5.92 Å². The molecular formula is C14H16O2. The summed E-state index contributed by atoms with van der Waals surface area (Å²) in [5.74, 6) is 1.17. The number of ketones is 1. The summed E-state index contributed by atoms with van der Waals surface area (Å²) in [4.78, 5) is 11.9. The van der Waals surface area contributed by atoms with Gasteiger partial charge in [-0.1, -0.05) is 26.0 Å². The van der Waals surface area contributed by atoms with Crippen LogP contribution in [-0.2, 0) is 11.2 Å². The standard InChI is InChI=1S/C14H16O2/c1-9(2)14(15)11-7-10-5-4-6-13(16-3)12(10)8-11/h4-7,9H,8H2,1-3H3. The van der Waals surface area contributed by atoms with Gasteiger partial charge in [-0.15, -0.1) is 0 Å². The van der Waals surface area contributed by atoms with Crippen molar-refractivity contribution in [3.8, 4) is 5.75 Å². The molecule has 0 N–H and O–H groups in total. The van der Waals surface area contributed by atoms with Crippen LogP contribution in [0.15, 0.2) is 23.8 Å². The molecule has 16 heavy (non-hydrogen) atoms. The van der Waals surface area contributed by atoms with Crippen molar-refractivity contribution in [1.29, 1.82) is 0 Å². The van der Waals surface area contributed by atoms with Crippen molar-refractivity contribution in [2.24, 2.45) is 5.92 Å². The zero-order valence-corrected chi connectivity index (χ0v) is 9.91. The molecule has 0 amide bonds. The van der Waals surface area contributed by atoms with Crippen LogP contribution in [0.4, 0.5) is 0 Å². The quantitative estimate of drug-likeness (QED) is 0.776. The Kier molecular flexibility index (Phi) is 2.82. The molecule has 1 aromatic rings. The largest absolute Gasteiger partial charge is 0.496 e. The Morgan fingerprint density at radius 2 is 2.12 bits per heavy atom. The van der Waals surface area contributed by atoms with E-state index in [9.17, 15) is 4.79 Å². The van der Waals surface area contributed by atoms with Gasteiger partial charge < -0.3 is 4.74 Å². The molecule has 2 heteroatoms. The molecule has 0 aromatic heterocycles. The molecular weight excluding hydrogens is 200 g/mol. The average Bonchev–Trinajstić information content (AvgIpc) is 2.70. The number of allylic oxidation sites excluding steroid dienone is 1. The summed E-state index contributed by atoms with van der Waals surface area (Å²) in [6, 6.07) is 5.92. The molecule has 0 spiro atoms. The maximum Gasteiger partial charge on any atom is 0.161 e. The Balaban J connectivity index is 2.33. The van der Waals surface area contributed by atoms with Gasteiger partial charge in [-0.05, 0) is 17.7 Å². The van der Waals surface area contributed by atoms with Gasteiger partial charge >= 0.3 is 0 Å². The normalized spacial score (nSPS) is 13.6. The second-order valence-electron chi connectivity index (χ2n) is 4.39. The van der Waals surface area contributed by atoms with E-state index in [4.69, 9.17) is 4.74 Å². The lowest BCUT2D eigenvalue weighted by molar-refractivity contribution is -0.118. The van der Waals surface area contributed by atoms with E-state index in [0.29, 0.717) is 6.42 Å². The van der Waals surface area contributed by atoms with Gasteiger partial charge in [0.1, 0.15) is 5.75 Å². The second-order valence-corrected chi connectivity index (χ2v) is 4.39. The third-order valence-electron chi connectivity index (χ3n) is 2.93. The molecule has 2 rings (SSSR count). The van der Waals surface area contributed by atoms with Gasteiger partial charge in [0.2, 0.25) is 0 Å². The van der Waals surface area contributed by atoms with E-state index in [1.54, 1.807) is 7.11 Å². The topological polar surface area (TPSA) is 26.3 Å². The van der Waals surface area contributed by atoms with Crippen LogP contribution >= 0.6 is 0 Å². The summed E-state index contributed by atoms with van der Waals surface area (Å²) in [5, 5.41) is 0. The van der Waals surface area contributed by atoms with Crippen molar-refractivity contribution < 1.29 is 9.53 Å². The molecule has 0 saturated carbocycles. The Hall–Kier alpha value is -1.57. The van der Waals surface area contributed by atoms with Crippen LogP contribution in [0.5, 0.6) is 5.75 Å². The minimum absolute atomic E-state index is 0.0616. The maximum atomic E-state index is 11.9. The van der Waals surface area contributed by atoms with E-state index in [0.717, 1.165) is 22.4 Å². The van der Waals surface area contributed by atoms with Crippen LogP contribution in [0.1, 0.15) is 25.0 Å². The highest BCUT2D eigenvalue weighted by Crippen LogP contribution is 2.33. The SMILES string of the molecule is COc1cccc2c1CC(C(=O)C(C)C)=C2. The predicted octanol–water partition coefficient (Wildman–Crippen LogP) is 2.86. The molecule has 0 fully saturated rings. The maximum absolute atomic E-state index is 11.9. The summed E-state index contributed by atoms with van der Waals surface area (Å²) in [7, 11) is 1.66. The number of fused-ring (bicyclic) bond motifs is 1. The Labute approximate surface area is 95.9 Å². The Morgan fingerprint density at radius 3 is 2.75 bits per heavy atom. The first kappa shape index (κ1) is 10.9. The van der Waals surface area contributed by atoms with Gasteiger partial charge in [-0.25, -0.2) is 0 Å². The number of methoxy groups -OCH3 is 1. The highest BCUT2D eigenvalue weighted by Gasteiger charge is 2.22. The fraction of sp³-hybridized carbons (Fsp3) is 0.357.